The van der Waals surface area contributed by atoms with Crippen molar-refractivity contribution in [2.75, 3.05) is 0 Å². The Labute approximate surface area is 99.8 Å². The molecule has 0 aliphatic carbocycles. The number of nitrogens with zero attached hydrogens (tertiary/aromatic N) is 3. The summed E-state index contributed by atoms with van der Waals surface area (Å²) >= 11 is 0. The maximum absolute atomic E-state index is 7.66. The van der Waals surface area contributed by atoms with Crippen LogP contribution in [0.15, 0.2) is 18.5 Å². The quantitative estimate of drug-likeness (QED) is 0.604. The number of imidazole rings is 1. The van der Waals surface area contributed by atoms with Crippen molar-refractivity contribution in [3.8, 4) is 5.69 Å². The Morgan fingerprint density at radius 1 is 1.35 bits per heavy atom. The van der Waals surface area contributed by atoms with Crippen LogP contribution in [-0.2, 0) is 0 Å². The molecular weight excluding hydrogens is 214 g/mol. The monoisotopic (exact) mass is 229 g/mol. The molecule has 0 atom stereocenters. The summed E-state index contributed by atoms with van der Waals surface area (Å²) < 4.78 is 1.92. The second-order valence-electron chi connectivity index (χ2n) is 4.00. The summed E-state index contributed by atoms with van der Waals surface area (Å²) in [6.07, 6.45) is 3.58. The number of nitrogens with two attached hydrogens (primary N) is 1. The van der Waals surface area contributed by atoms with Crippen LogP contribution >= 0.6 is 0 Å². The fraction of sp³-hybridized carbons (Fsp3) is 0.250. The molecule has 17 heavy (non-hydrogen) atoms. The van der Waals surface area contributed by atoms with E-state index in [4.69, 9.17) is 11.1 Å². The average Bonchev–Trinajstić information content (AvgIpc) is 2.62. The molecule has 88 valence electrons. The van der Waals surface area contributed by atoms with E-state index in [1.165, 1.54) is 0 Å². The second-order valence-corrected chi connectivity index (χ2v) is 4.00. The summed E-state index contributed by atoms with van der Waals surface area (Å²) in [5.41, 5.74) is 8.82. The Kier molecular flexibility index (Phi) is 2.67. The number of hydrogen-bond acceptors (Lipinski definition) is 3. The van der Waals surface area contributed by atoms with Crippen LogP contribution < -0.4 is 5.73 Å². The van der Waals surface area contributed by atoms with E-state index in [0.717, 1.165) is 22.9 Å². The van der Waals surface area contributed by atoms with E-state index in [9.17, 15) is 0 Å². The van der Waals surface area contributed by atoms with Gasteiger partial charge in [0.05, 0.1) is 16.9 Å². The molecule has 3 N–H and O–H groups in total. The molecule has 0 radical (unpaired) electrons. The van der Waals surface area contributed by atoms with Crippen LogP contribution in [0.5, 0.6) is 0 Å². The van der Waals surface area contributed by atoms with Gasteiger partial charge in [-0.15, -0.1) is 0 Å². The highest BCUT2D eigenvalue weighted by molar-refractivity contribution is 5.99. The molecule has 0 unspecified atom stereocenters. The van der Waals surface area contributed by atoms with Crippen LogP contribution in [0.25, 0.3) is 5.69 Å². The van der Waals surface area contributed by atoms with Gasteiger partial charge in [-0.05, 0) is 26.8 Å². The average molecular weight is 229 g/mol. The number of nitrogen functional groups attached to an aromatic ring is 1. The summed E-state index contributed by atoms with van der Waals surface area (Å²) in [6.45, 7) is 5.70. The highest BCUT2D eigenvalue weighted by Crippen LogP contribution is 2.19. The van der Waals surface area contributed by atoms with Crippen LogP contribution in [0.3, 0.4) is 0 Å². The molecule has 5 nitrogen and oxygen atoms in total. The molecule has 2 heterocycles. The van der Waals surface area contributed by atoms with Crippen LogP contribution in [0, 0.1) is 26.2 Å². The minimum Gasteiger partial charge on any atom is -0.384 e. The molecule has 2 aromatic rings. The highest BCUT2D eigenvalue weighted by Gasteiger charge is 2.13. The fourth-order valence-corrected chi connectivity index (χ4v) is 1.96. The zero-order valence-electron chi connectivity index (χ0n) is 10.2. The lowest BCUT2D eigenvalue weighted by atomic mass is 10.1. The first-order valence-corrected chi connectivity index (χ1v) is 5.33. The topological polar surface area (TPSA) is 80.6 Å². The number of amidine groups is 1. The van der Waals surface area contributed by atoms with Gasteiger partial charge in [0.2, 0.25) is 0 Å². The number of aryl methyl sites for hydroxylation is 3. The van der Waals surface area contributed by atoms with Gasteiger partial charge in [-0.3, -0.25) is 10.4 Å². The molecule has 0 aliphatic rings. The van der Waals surface area contributed by atoms with Gasteiger partial charge in [0.15, 0.2) is 0 Å². The Hall–Kier alpha value is -2.17. The molecule has 0 amide bonds. The zero-order valence-corrected chi connectivity index (χ0v) is 10.2. The summed E-state index contributed by atoms with van der Waals surface area (Å²) in [4.78, 5) is 8.52. The first-order chi connectivity index (χ1) is 8.00. The number of hydrogen-bond donors (Lipinski definition) is 2. The van der Waals surface area contributed by atoms with E-state index in [1.54, 1.807) is 6.20 Å². The van der Waals surface area contributed by atoms with Crippen LogP contribution in [-0.4, -0.2) is 20.4 Å². The van der Waals surface area contributed by atoms with Gasteiger partial charge >= 0.3 is 0 Å². The van der Waals surface area contributed by atoms with Crippen LogP contribution in [0.4, 0.5) is 0 Å². The van der Waals surface area contributed by atoms with Gasteiger partial charge in [0.25, 0.3) is 0 Å². The first-order valence-electron chi connectivity index (χ1n) is 5.33. The Morgan fingerprint density at radius 2 is 2.06 bits per heavy atom. The van der Waals surface area contributed by atoms with E-state index in [0.29, 0.717) is 5.56 Å². The minimum absolute atomic E-state index is 0.0260. The van der Waals surface area contributed by atoms with Gasteiger partial charge in [0, 0.05) is 18.1 Å². The Bertz CT molecular complexity index is 583. The van der Waals surface area contributed by atoms with Gasteiger partial charge in [-0.1, -0.05) is 0 Å². The summed E-state index contributed by atoms with van der Waals surface area (Å²) in [6, 6.07) is 1.92. The number of rotatable bonds is 2. The summed E-state index contributed by atoms with van der Waals surface area (Å²) in [7, 11) is 0. The Balaban J connectivity index is 2.76. The van der Waals surface area contributed by atoms with Crippen molar-refractivity contribution in [1.82, 2.24) is 14.5 Å². The van der Waals surface area contributed by atoms with E-state index in [-0.39, 0.29) is 5.84 Å². The normalized spacial score (nSPS) is 10.5. The maximum atomic E-state index is 7.66. The van der Waals surface area contributed by atoms with Crippen molar-refractivity contribution in [2.24, 2.45) is 5.73 Å². The molecule has 2 rings (SSSR count). The lowest BCUT2D eigenvalue weighted by molar-refractivity contribution is 0.951. The number of nitrogens with one attached hydrogen (secondary N) is 1. The minimum atomic E-state index is 0.0260. The van der Waals surface area contributed by atoms with Gasteiger partial charge in [0.1, 0.15) is 11.7 Å². The molecule has 0 saturated heterocycles. The fourth-order valence-electron chi connectivity index (χ4n) is 1.96. The van der Waals surface area contributed by atoms with Crippen LogP contribution in [0.2, 0.25) is 0 Å². The van der Waals surface area contributed by atoms with Crippen molar-refractivity contribution in [1.29, 1.82) is 5.41 Å². The van der Waals surface area contributed by atoms with E-state index < -0.39 is 0 Å². The molecule has 0 aliphatic heterocycles. The maximum Gasteiger partial charge on any atom is 0.126 e. The Morgan fingerprint density at radius 3 is 2.59 bits per heavy atom. The lowest BCUT2D eigenvalue weighted by Crippen LogP contribution is -2.18. The number of aromatic nitrogens is 3. The lowest BCUT2D eigenvalue weighted by Gasteiger charge is -2.13. The molecule has 0 bridgehead atoms. The van der Waals surface area contributed by atoms with Crippen molar-refractivity contribution >= 4 is 5.84 Å². The zero-order chi connectivity index (χ0) is 12.6. The molecule has 0 saturated carbocycles. The van der Waals surface area contributed by atoms with Crippen molar-refractivity contribution < 1.29 is 0 Å². The van der Waals surface area contributed by atoms with Gasteiger partial charge < -0.3 is 10.3 Å². The highest BCUT2D eigenvalue weighted by atomic mass is 15.1. The van der Waals surface area contributed by atoms with E-state index in [2.05, 4.69) is 9.97 Å². The molecular formula is C12H15N5. The van der Waals surface area contributed by atoms with Crippen molar-refractivity contribution in [3.63, 3.8) is 0 Å². The third-order valence-corrected chi connectivity index (χ3v) is 2.66. The standard InChI is InChI=1S/C12H15N5/c1-7-6-10(17-5-4-15-9(17)3)11(12(13)14)8(2)16-7/h4-6H,1-3H3,(H3,13,14). The van der Waals surface area contributed by atoms with E-state index >= 15 is 0 Å². The molecule has 0 aromatic carbocycles. The van der Waals surface area contributed by atoms with Crippen molar-refractivity contribution in [2.45, 2.75) is 20.8 Å². The van der Waals surface area contributed by atoms with Crippen LogP contribution in [0.1, 0.15) is 22.8 Å². The predicted molar refractivity (Wildman–Crippen MR) is 66.6 cm³/mol. The first kappa shape index (κ1) is 11.3. The molecule has 5 heteroatoms. The molecule has 0 spiro atoms. The van der Waals surface area contributed by atoms with Gasteiger partial charge in [-0.25, -0.2) is 4.98 Å². The third kappa shape index (κ3) is 1.91. The SMILES string of the molecule is Cc1cc(-n2ccnc2C)c(C(=N)N)c(C)n1. The largest absolute Gasteiger partial charge is 0.384 e. The third-order valence-electron chi connectivity index (χ3n) is 2.66. The number of pyridine rings is 1. The van der Waals surface area contributed by atoms with Crippen molar-refractivity contribution in [3.05, 3.63) is 41.2 Å². The molecule has 2 aromatic heterocycles. The summed E-state index contributed by atoms with van der Waals surface area (Å²) in [5.74, 6) is 0.885. The second kappa shape index (κ2) is 4.01. The predicted octanol–water partition coefficient (Wildman–Crippen LogP) is 1.48. The van der Waals surface area contributed by atoms with Gasteiger partial charge in [-0.2, -0.15) is 0 Å². The smallest absolute Gasteiger partial charge is 0.126 e. The molecule has 0 fully saturated rings. The van der Waals surface area contributed by atoms with E-state index in [1.807, 2.05) is 37.6 Å². The summed E-state index contributed by atoms with van der Waals surface area (Å²) in [5, 5.41) is 7.66.